The third kappa shape index (κ3) is 3.91. The summed E-state index contributed by atoms with van der Waals surface area (Å²) < 4.78 is 25.0. The fourth-order valence-electron chi connectivity index (χ4n) is 0.564. The van der Waals surface area contributed by atoms with Crippen molar-refractivity contribution < 1.29 is 8.78 Å². The Morgan fingerprint density at radius 2 is 1.64 bits per heavy atom. The number of rotatable bonds is 2. The standard InChI is InChI=1S/C9H14F2/c1-6(2)8(4)9(11)5-7(3)10/h5-6H,1-4H3/b7-5+,9-8-. The molecule has 0 nitrogen and oxygen atoms in total. The highest BCUT2D eigenvalue weighted by molar-refractivity contribution is 5.20. The van der Waals surface area contributed by atoms with Gasteiger partial charge in [0.05, 0.1) is 5.83 Å². The Kier molecular flexibility index (Phi) is 4.01. The predicted octanol–water partition coefficient (Wildman–Crippen LogP) is 3.76. The van der Waals surface area contributed by atoms with E-state index in [1.165, 1.54) is 6.92 Å². The molecular formula is C9H14F2. The van der Waals surface area contributed by atoms with Crippen LogP contribution in [0.4, 0.5) is 8.78 Å². The van der Waals surface area contributed by atoms with Crippen LogP contribution < -0.4 is 0 Å². The van der Waals surface area contributed by atoms with Crippen LogP contribution in [0.5, 0.6) is 0 Å². The Hall–Kier alpha value is -0.660. The molecule has 11 heavy (non-hydrogen) atoms. The lowest BCUT2D eigenvalue weighted by Crippen LogP contribution is -1.90. The van der Waals surface area contributed by atoms with Crippen molar-refractivity contribution in [2.75, 3.05) is 0 Å². The van der Waals surface area contributed by atoms with Gasteiger partial charge in [0, 0.05) is 6.08 Å². The molecule has 0 aliphatic carbocycles. The van der Waals surface area contributed by atoms with Gasteiger partial charge in [-0.1, -0.05) is 13.8 Å². The van der Waals surface area contributed by atoms with Crippen molar-refractivity contribution in [3.63, 3.8) is 0 Å². The zero-order chi connectivity index (χ0) is 9.02. The van der Waals surface area contributed by atoms with Crippen molar-refractivity contribution in [3.05, 3.63) is 23.3 Å². The molecule has 64 valence electrons. The molecule has 0 aromatic heterocycles. The molecule has 0 amide bonds. The van der Waals surface area contributed by atoms with Gasteiger partial charge in [-0.3, -0.25) is 0 Å². The summed E-state index contributed by atoms with van der Waals surface area (Å²) in [6, 6.07) is 0. The number of hydrogen-bond donors (Lipinski definition) is 0. The van der Waals surface area contributed by atoms with Crippen LogP contribution in [0.25, 0.3) is 0 Å². The van der Waals surface area contributed by atoms with Gasteiger partial charge in [-0.25, -0.2) is 8.78 Å². The van der Waals surface area contributed by atoms with Gasteiger partial charge < -0.3 is 0 Å². The summed E-state index contributed by atoms with van der Waals surface area (Å²) in [4.78, 5) is 0. The molecule has 0 unspecified atom stereocenters. The van der Waals surface area contributed by atoms with E-state index < -0.39 is 11.7 Å². The molecule has 0 saturated carbocycles. The molecule has 0 heterocycles. The van der Waals surface area contributed by atoms with Crippen LogP contribution >= 0.6 is 0 Å². The van der Waals surface area contributed by atoms with Gasteiger partial charge in [0.15, 0.2) is 0 Å². The van der Waals surface area contributed by atoms with Gasteiger partial charge in [-0.2, -0.15) is 0 Å². The fraction of sp³-hybridized carbons (Fsp3) is 0.556. The lowest BCUT2D eigenvalue weighted by atomic mass is 10.0. The molecule has 0 fully saturated rings. The number of hydrogen-bond acceptors (Lipinski definition) is 0. The smallest absolute Gasteiger partial charge is 0.124 e. The highest BCUT2D eigenvalue weighted by Crippen LogP contribution is 2.17. The van der Waals surface area contributed by atoms with Crippen LogP contribution in [0.3, 0.4) is 0 Å². The molecule has 0 spiro atoms. The van der Waals surface area contributed by atoms with Gasteiger partial charge in [0.1, 0.15) is 5.83 Å². The molecule has 0 aliphatic heterocycles. The molecule has 0 N–H and O–H groups in total. The molecule has 0 aromatic rings. The summed E-state index contributed by atoms with van der Waals surface area (Å²) in [5.74, 6) is -0.826. The second-order valence-corrected chi connectivity index (χ2v) is 2.92. The first-order valence-electron chi connectivity index (χ1n) is 3.65. The van der Waals surface area contributed by atoms with Gasteiger partial charge in [0.25, 0.3) is 0 Å². The summed E-state index contributed by atoms with van der Waals surface area (Å²) in [5.41, 5.74) is 0.585. The molecule has 0 aromatic carbocycles. The Labute approximate surface area is 66.6 Å². The van der Waals surface area contributed by atoms with Crippen molar-refractivity contribution in [3.8, 4) is 0 Å². The third-order valence-corrected chi connectivity index (χ3v) is 1.57. The zero-order valence-corrected chi connectivity index (χ0v) is 7.41. The van der Waals surface area contributed by atoms with Crippen LogP contribution in [-0.4, -0.2) is 0 Å². The van der Waals surface area contributed by atoms with Crippen LogP contribution in [0.1, 0.15) is 27.7 Å². The van der Waals surface area contributed by atoms with Crippen LogP contribution in [0.2, 0.25) is 0 Å². The van der Waals surface area contributed by atoms with E-state index in [0.717, 1.165) is 6.08 Å². The number of halogens is 2. The van der Waals surface area contributed by atoms with Crippen LogP contribution in [0, 0.1) is 5.92 Å². The van der Waals surface area contributed by atoms with Gasteiger partial charge in [-0.05, 0) is 25.3 Å². The lowest BCUT2D eigenvalue weighted by Gasteiger charge is -2.04. The van der Waals surface area contributed by atoms with E-state index >= 15 is 0 Å². The van der Waals surface area contributed by atoms with Crippen molar-refractivity contribution in [1.82, 2.24) is 0 Å². The van der Waals surface area contributed by atoms with Crippen molar-refractivity contribution >= 4 is 0 Å². The fourth-order valence-corrected chi connectivity index (χ4v) is 0.564. The van der Waals surface area contributed by atoms with E-state index in [1.54, 1.807) is 6.92 Å². The number of allylic oxidation sites excluding steroid dienone is 4. The van der Waals surface area contributed by atoms with E-state index in [-0.39, 0.29) is 5.92 Å². The van der Waals surface area contributed by atoms with E-state index in [9.17, 15) is 8.78 Å². The molecular weight excluding hydrogens is 146 g/mol. The largest absolute Gasteiger partial charge is 0.212 e. The van der Waals surface area contributed by atoms with Crippen molar-refractivity contribution in [1.29, 1.82) is 0 Å². The Bertz CT molecular complexity index is 184. The summed E-state index contributed by atoms with van der Waals surface area (Å²) in [5, 5.41) is 0. The summed E-state index contributed by atoms with van der Waals surface area (Å²) >= 11 is 0. The quantitative estimate of drug-likeness (QED) is 0.539. The van der Waals surface area contributed by atoms with Gasteiger partial charge in [0.2, 0.25) is 0 Å². The first kappa shape index (κ1) is 10.3. The van der Waals surface area contributed by atoms with Crippen LogP contribution in [0.15, 0.2) is 23.3 Å². The molecule has 0 rings (SSSR count). The average molecular weight is 160 g/mol. The highest BCUT2D eigenvalue weighted by Gasteiger charge is 2.02. The minimum absolute atomic E-state index is 0.130. The van der Waals surface area contributed by atoms with Crippen molar-refractivity contribution in [2.24, 2.45) is 5.92 Å². The topological polar surface area (TPSA) is 0 Å². The summed E-state index contributed by atoms with van der Waals surface area (Å²) in [6.45, 7) is 6.64. The predicted molar refractivity (Wildman–Crippen MR) is 43.5 cm³/mol. The maximum atomic E-state index is 12.9. The Morgan fingerprint density at radius 3 is 1.91 bits per heavy atom. The van der Waals surface area contributed by atoms with E-state index in [0.29, 0.717) is 5.57 Å². The molecule has 0 saturated heterocycles. The molecule has 2 heteroatoms. The molecule has 0 aliphatic rings. The van der Waals surface area contributed by atoms with E-state index in [4.69, 9.17) is 0 Å². The van der Waals surface area contributed by atoms with Gasteiger partial charge >= 0.3 is 0 Å². The third-order valence-electron chi connectivity index (χ3n) is 1.57. The minimum atomic E-state index is -0.498. The molecule has 0 atom stereocenters. The molecule has 0 bridgehead atoms. The Balaban J connectivity index is 4.54. The zero-order valence-electron chi connectivity index (χ0n) is 7.41. The van der Waals surface area contributed by atoms with Gasteiger partial charge in [-0.15, -0.1) is 0 Å². The summed E-state index contributed by atoms with van der Waals surface area (Å²) in [7, 11) is 0. The minimum Gasteiger partial charge on any atom is -0.212 e. The molecule has 0 radical (unpaired) electrons. The first-order chi connectivity index (χ1) is 4.95. The maximum Gasteiger partial charge on any atom is 0.124 e. The SMILES string of the molecule is C/C(=C(F)\C=C(/C)F)C(C)C. The second-order valence-electron chi connectivity index (χ2n) is 2.92. The van der Waals surface area contributed by atoms with E-state index in [2.05, 4.69) is 0 Å². The average Bonchev–Trinajstić information content (AvgIpc) is 1.84. The second kappa shape index (κ2) is 4.27. The van der Waals surface area contributed by atoms with Crippen LogP contribution in [-0.2, 0) is 0 Å². The monoisotopic (exact) mass is 160 g/mol. The van der Waals surface area contributed by atoms with E-state index in [1.807, 2.05) is 13.8 Å². The Morgan fingerprint density at radius 1 is 1.18 bits per heavy atom. The highest BCUT2D eigenvalue weighted by atomic mass is 19.1. The maximum absolute atomic E-state index is 12.9. The lowest BCUT2D eigenvalue weighted by molar-refractivity contribution is 0.593. The summed E-state index contributed by atoms with van der Waals surface area (Å²) in [6.07, 6.45) is 0.912. The first-order valence-corrected chi connectivity index (χ1v) is 3.65. The van der Waals surface area contributed by atoms with Crippen molar-refractivity contribution in [2.45, 2.75) is 27.7 Å². The normalized spacial score (nSPS) is 15.4.